The van der Waals surface area contributed by atoms with Gasteiger partial charge in [0.1, 0.15) is 17.1 Å². The van der Waals surface area contributed by atoms with Gasteiger partial charge in [0.2, 0.25) is 5.91 Å². The number of rotatable bonds is 5. The van der Waals surface area contributed by atoms with E-state index >= 15 is 0 Å². The lowest BCUT2D eigenvalue weighted by Crippen LogP contribution is -2.24. The first-order valence-electron chi connectivity index (χ1n) is 7.31. The minimum atomic E-state index is -1.04. The molecule has 0 bridgehead atoms. The van der Waals surface area contributed by atoms with E-state index in [4.69, 9.17) is 21.1 Å². The van der Waals surface area contributed by atoms with Gasteiger partial charge >= 0.3 is 5.97 Å². The van der Waals surface area contributed by atoms with E-state index in [1.54, 1.807) is 6.92 Å². The summed E-state index contributed by atoms with van der Waals surface area (Å²) in [6.45, 7) is 1.77. The second-order valence-electron chi connectivity index (χ2n) is 5.71. The summed E-state index contributed by atoms with van der Waals surface area (Å²) in [6.07, 6.45) is 0.795. The number of aryl methyl sites for hydroxylation is 1. The molecule has 1 aliphatic rings. The minimum absolute atomic E-state index is 0.0547. The first-order valence-corrected chi connectivity index (χ1v) is 7.69. The van der Waals surface area contributed by atoms with E-state index in [-0.39, 0.29) is 29.9 Å². The highest BCUT2D eigenvalue weighted by Crippen LogP contribution is 2.47. The zero-order valence-corrected chi connectivity index (χ0v) is 13.3. The molecule has 0 saturated heterocycles. The third kappa shape index (κ3) is 3.40. The van der Waals surface area contributed by atoms with Crippen LogP contribution in [-0.2, 0) is 11.3 Å². The summed E-state index contributed by atoms with van der Waals surface area (Å²) in [5, 5.41) is 12.4. The Balaban J connectivity index is 1.57. The highest BCUT2D eigenvalue weighted by Gasteiger charge is 2.43. The van der Waals surface area contributed by atoms with E-state index in [1.807, 2.05) is 24.3 Å². The highest BCUT2D eigenvalue weighted by molar-refractivity contribution is 6.30. The van der Waals surface area contributed by atoms with Gasteiger partial charge in [0.25, 0.3) is 0 Å². The van der Waals surface area contributed by atoms with E-state index in [2.05, 4.69) is 5.32 Å². The molecule has 5 nitrogen and oxygen atoms in total. The van der Waals surface area contributed by atoms with Crippen molar-refractivity contribution in [1.82, 2.24) is 5.32 Å². The molecule has 0 aliphatic heterocycles. The number of aromatic carboxylic acids is 1. The van der Waals surface area contributed by atoms with Crippen LogP contribution in [0.2, 0.25) is 5.02 Å². The van der Waals surface area contributed by atoms with E-state index in [0.717, 1.165) is 12.0 Å². The number of hydrogen-bond acceptors (Lipinski definition) is 3. The summed E-state index contributed by atoms with van der Waals surface area (Å²) >= 11 is 5.97. The number of furan rings is 1. The molecule has 1 saturated carbocycles. The van der Waals surface area contributed by atoms with E-state index in [0.29, 0.717) is 16.5 Å². The number of benzene rings is 1. The van der Waals surface area contributed by atoms with Crippen LogP contribution in [-0.4, -0.2) is 17.0 Å². The first kappa shape index (κ1) is 15.6. The van der Waals surface area contributed by atoms with Crippen molar-refractivity contribution in [1.29, 1.82) is 0 Å². The lowest BCUT2D eigenvalue weighted by atomic mass is 10.1. The summed E-state index contributed by atoms with van der Waals surface area (Å²) in [4.78, 5) is 23.1. The van der Waals surface area contributed by atoms with Gasteiger partial charge in [-0.1, -0.05) is 23.7 Å². The first-order chi connectivity index (χ1) is 11.0. The molecule has 6 heteroatoms. The van der Waals surface area contributed by atoms with E-state index in [1.165, 1.54) is 6.07 Å². The van der Waals surface area contributed by atoms with Gasteiger partial charge in [-0.25, -0.2) is 4.79 Å². The number of hydrogen-bond donors (Lipinski definition) is 2. The zero-order chi connectivity index (χ0) is 16.6. The van der Waals surface area contributed by atoms with Crippen molar-refractivity contribution in [2.75, 3.05) is 0 Å². The fourth-order valence-corrected chi connectivity index (χ4v) is 2.94. The molecular formula is C17H16ClNO4. The number of amides is 1. The Morgan fingerprint density at radius 2 is 2.17 bits per heavy atom. The Morgan fingerprint density at radius 3 is 2.83 bits per heavy atom. The maximum atomic E-state index is 12.2. The second-order valence-corrected chi connectivity index (χ2v) is 6.15. The third-order valence-corrected chi connectivity index (χ3v) is 4.28. The molecule has 0 radical (unpaired) electrons. The number of carboxylic acids is 1. The van der Waals surface area contributed by atoms with Crippen LogP contribution in [0.1, 0.15) is 39.8 Å². The predicted octanol–water partition coefficient (Wildman–Crippen LogP) is 3.36. The Bertz CT molecular complexity index is 768. The maximum absolute atomic E-state index is 12.2. The number of halogens is 1. The Labute approximate surface area is 138 Å². The Kier molecular flexibility index (Phi) is 4.13. The summed E-state index contributed by atoms with van der Waals surface area (Å²) in [7, 11) is 0. The number of carboxylic acid groups (broad SMARTS) is 1. The van der Waals surface area contributed by atoms with Crippen LogP contribution in [0.5, 0.6) is 0 Å². The molecule has 1 aromatic carbocycles. The normalized spacial score (nSPS) is 19.4. The number of carbonyl (C=O) groups excluding carboxylic acids is 1. The number of nitrogens with one attached hydrogen (secondary N) is 1. The van der Waals surface area contributed by atoms with Crippen molar-refractivity contribution in [3.05, 3.63) is 58.0 Å². The van der Waals surface area contributed by atoms with Gasteiger partial charge < -0.3 is 14.8 Å². The molecule has 120 valence electrons. The van der Waals surface area contributed by atoms with Gasteiger partial charge in [-0.2, -0.15) is 0 Å². The summed E-state index contributed by atoms with van der Waals surface area (Å²) < 4.78 is 5.34. The van der Waals surface area contributed by atoms with Gasteiger partial charge in [-0.3, -0.25) is 4.79 Å². The Morgan fingerprint density at radius 1 is 1.39 bits per heavy atom. The van der Waals surface area contributed by atoms with Crippen LogP contribution in [0.3, 0.4) is 0 Å². The van der Waals surface area contributed by atoms with Crippen LogP contribution in [0.25, 0.3) is 0 Å². The summed E-state index contributed by atoms with van der Waals surface area (Å²) in [5.41, 5.74) is 1.19. The van der Waals surface area contributed by atoms with Gasteiger partial charge in [0.05, 0.1) is 6.54 Å². The fourth-order valence-electron chi connectivity index (χ4n) is 2.74. The Hall–Kier alpha value is -2.27. The van der Waals surface area contributed by atoms with Crippen molar-refractivity contribution in [3.8, 4) is 0 Å². The van der Waals surface area contributed by atoms with Gasteiger partial charge in [-0.15, -0.1) is 0 Å². The predicted molar refractivity (Wildman–Crippen MR) is 84.6 cm³/mol. The molecule has 1 fully saturated rings. The standard InChI is InChI=1S/C17H16ClNO4/c1-9-13(17(21)22)6-12(23-9)8-19-16(20)15-7-14(15)10-3-2-4-11(18)5-10/h2-6,14-15H,7-8H2,1H3,(H,19,20)(H,21,22). The summed E-state index contributed by atoms with van der Waals surface area (Å²) in [6, 6.07) is 8.98. The lowest BCUT2D eigenvalue weighted by Gasteiger charge is -2.03. The quantitative estimate of drug-likeness (QED) is 0.879. The van der Waals surface area contributed by atoms with Crippen LogP contribution in [0.15, 0.2) is 34.7 Å². The molecule has 2 aromatic rings. The zero-order valence-electron chi connectivity index (χ0n) is 12.5. The molecule has 1 aromatic heterocycles. The monoisotopic (exact) mass is 333 g/mol. The molecule has 1 aliphatic carbocycles. The largest absolute Gasteiger partial charge is 0.478 e. The van der Waals surface area contributed by atoms with E-state index < -0.39 is 5.97 Å². The second kappa shape index (κ2) is 6.08. The average Bonchev–Trinajstić information content (AvgIpc) is 3.21. The molecule has 1 heterocycles. The third-order valence-electron chi connectivity index (χ3n) is 4.04. The van der Waals surface area contributed by atoms with Crippen LogP contribution in [0.4, 0.5) is 0 Å². The average molecular weight is 334 g/mol. The molecule has 3 rings (SSSR count). The smallest absolute Gasteiger partial charge is 0.339 e. The molecule has 0 spiro atoms. The van der Waals surface area contributed by atoms with Gasteiger partial charge in [0, 0.05) is 10.9 Å². The molecular weight excluding hydrogens is 318 g/mol. The van der Waals surface area contributed by atoms with Crippen LogP contribution < -0.4 is 5.32 Å². The van der Waals surface area contributed by atoms with Crippen molar-refractivity contribution < 1.29 is 19.1 Å². The van der Waals surface area contributed by atoms with Gasteiger partial charge in [-0.05, 0) is 43.0 Å². The number of carbonyl (C=O) groups is 2. The van der Waals surface area contributed by atoms with Crippen LogP contribution in [0, 0.1) is 12.8 Å². The minimum Gasteiger partial charge on any atom is -0.478 e. The van der Waals surface area contributed by atoms with Crippen LogP contribution >= 0.6 is 11.6 Å². The molecule has 2 N–H and O–H groups in total. The molecule has 1 amide bonds. The highest BCUT2D eigenvalue weighted by atomic mass is 35.5. The van der Waals surface area contributed by atoms with Crippen molar-refractivity contribution in [2.45, 2.75) is 25.8 Å². The van der Waals surface area contributed by atoms with Crippen molar-refractivity contribution in [2.24, 2.45) is 5.92 Å². The van der Waals surface area contributed by atoms with Gasteiger partial charge in [0.15, 0.2) is 0 Å². The lowest BCUT2D eigenvalue weighted by molar-refractivity contribution is -0.122. The topological polar surface area (TPSA) is 79.5 Å². The van der Waals surface area contributed by atoms with Crippen molar-refractivity contribution in [3.63, 3.8) is 0 Å². The molecule has 2 unspecified atom stereocenters. The SMILES string of the molecule is Cc1oc(CNC(=O)C2CC2c2cccc(Cl)c2)cc1C(=O)O. The molecule has 2 atom stereocenters. The van der Waals surface area contributed by atoms with E-state index in [9.17, 15) is 9.59 Å². The maximum Gasteiger partial charge on any atom is 0.339 e. The fraction of sp³-hybridized carbons (Fsp3) is 0.294. The molecule has 23 heavy (non-hydrogen) atoms. The van der Waals surface area contributed by atoms with Crippen molar-refractivity contribution >= 4 is 23.5 Å². The summed E-state index contributed by atoms with van der Waals surface area (Å²) in [5.74, 6) is -0.184.